The van der Waals surface area contributed by atoms with Crippen molar-refractivity contribution in [3.8, 4) is 0 Å². The van der Waals surface area contributed by atoms with E-state index < -0.39 is 0 Å². The third-order valence-corrected chi connectivity index (χ3v) is 4.48. The highest BCUT2D eigenvalue weighted by Crippen LogP contribution is 2.39. The lowest BCUT2D eigenvalue weighted by molar-refractivity contribution is -0.146. The maximum absolute atomic E-state index is 12.0. The number of amides is 1. The van der Waals surface area contributed by atoms with Gasteiger partial charge < -0.3 is 14.5 Å². The van der Waals surface area contributed by atoms with Gasteiger partial charge in [-0.25, -0.2) is 9.97 Å². The molecular formula is C15H22N4O2. The molecule has 2 aliphatic heterocycles. The van der Waals surface area contributed by atoms with Crippen molar-refractivity contribution >= 4 is 11.9 Å². The minimum absolute atomic E-state index is 0.0840. The smallest absolute Gasteiger partial charge is 0.251 e. The number of aromatic nitrogens is 2. The molecule has 1 aromatic rings. The summed E-state index contributed by atoms with van der Waals surface area (Å²) >= 11 is 0. The highest BCUT2D eigenvalue weighted by molar-refractivity contribution is 5.80. The van der Waals surface area contributed by atoms with Gasteiger partial charge in [0.15, 0.2) is 0 Å². The van der Waals surface area contributed by atoms with Crippen molar-refractivity contribution < 1.29 is 9.53 Å². The first-order valence-electron chi connectivity index (χ1n) is 7.51. The highest BCUT2D eigenvalue weighted by Gasteiger charge is 2.45. The van der Waals surface area contributed by atoms with Crippen LogP contribution in [0.25, 0.3) is 0 Å². The zero-order valence-corrected chi connectivity index (χ0v) is 12.7. The summed E-state index contributed by atoms with van der Waals surface area (Å²) in [5, 5.41) is 0. The van der Waals surface area contributed by atoms with Gasteiger partial charge in [-0.2, -0.15) is 0 Å². The van der Waals surface area contributed by atoms with Gasteiger partial charge in [-0.3, -0.25) is 4.79 Å². The second kappa shape index (κ2) is 5.60. The molecule has 1 aromatic heterocycles. The fraction of sp³-hybridized carbons (Fsp3) is 0.667. The first-order valence-corrected chi connectivity index (χ1v) is 7.51. The molecule has 6 heteroatoms. The molecule has 6 nitrogen and oxygen atoms in total. The quantitative estimate of drug-likeness (QED) is 0.816. The van der Waals surface area contributed by atoms with Crippen molar-refractivity contribution in [1.82, 2.24) is 14.9 Å². The fourth-order valence-electron chi connectivity index (χ4n) is 3.21. The molecule has 1 atom stereocenters. The zero-order valence-electron chi connectivity index (χ0n) is 12.7. The molecule has 0 radical (unpaired) electrons. The van der Waals surface area contributed by atoms with Crippen LogP contribution in [-0.2, 0) is 9.53 Å². The Labute approximate surface area is 125 Å². The fourth-order valence-corrected chi connectivity index (χ4v) is 3.21. The van der Waals surface area contributed by atoms with E-state index in [1.165, 1.54) is 0 Å². The predicted octanol–water partition coefficient (Wildman–Crippen LogP) is 1.08. The molecule has 2 fully saturated rings. The van der Waals surface area contributed by atoms with Gasteiger partial charge >= 0.3 is 0 Å². The minimum atomic E-state index is -0.264. The van der Waals surface area contributed by atoms with E-state index in [1.54, 1.807) is 31.4 Å². The van der Waals surface area contributed by atoms with Crippen LogP contribution in [0.4, 0.5) is 5.95 Å². The monoisotopic (exact) mass is 290 g/mol. The third-order valence-electron chi connectivity index (χ3n) is 4.48. The van der Waals surface area contributed by atoms with Crippen molar-refractivity contribution in [2.24, 2.45) is 0 Å². The Bertz CT molecular complexity index is 498. The number of hydrogen-bond donors (Lipinski definition) is 0. The number of rotatable bonds is 2. The van der Waals surface area contributed by atoms with Crippen LogP contribution in [0.3, 0.4) is 0 Å². The summed E-state index contributed by atoms with van der Waals surface area (Å²) < 4.78 is 6.14. The standard InChI is InChI=1S/C15H22N4O2/c1-18(2)13(20)12-4-5-15(21-12)6-10-19(11-7-15)14-16-8-3-9-17-14/h3,8-9,12H,4-7,10-11H2,1-2H3. The summed E-state index contributed by atoms with van der Waals surface area (Å²) in [5.74, 6) is 0.868. The number of nitrogens with zero attached hydrogens (tertiary/aromatic N) is 4. The number of anilines is 1. The largest absolute Gasteiger partial charge is 0.362 e. The van der Waals surface area contributed by atoms with Crippen LogP contribution in [0.2, 0.25) is 0 Å². The van der Waals surface area contributed by atoms with Crippen LogP contribution in [-0.4, -0.2) is 59.7 Å². The van der Waals surface area contributed by atoms with Crippen LogP contribution in [0.15, 0.2) is 18.5 Å². The van der Waals surface area contributed by atoms with Crippen molar-refractivity contribution in [3.63, 3.8) is 0 Å². The van der Waals surface area contributed by atoms with Gasteiger partial charge in [0.25, 0.3) is 5.91 Å². The van der Waals surface area contributed by atoms with E-state index in [-0.39, 0.29) is 17.6 Å². The summed E-state index contributed by atoms with van der Waals surface area (Å²) in [6.45, 7) is 1.76. The highest BCUT2D eigenvalue weighted by atomic mass is 16.5. The number of piperidine rings is 1. The maximum atomic E-state index is 12.0. The Balaban J connectivity index is 1.60. The van der Waals surface area contributed by atoms with Gasteiger partial charge in [0, 0.05) is 39.6 Å². The van der Waals surface area contributed by atoms with Gasteiger partial charge in [-0.15, -0.1) is 0 Å². The van der Waals surface area contributed by atoms with Gasteiger partial charge in [-0.05, 0) is 31.7 Å². The Kier molecular flexibility index (Phi) is 3.80. The van der Waals surface area contributed by atoms with Crippen LogP contribution in [0.5, 0.6) is 0 Å². The van der Waals surface area contributed by atoms with Crippen LogP contribution < -0.4 is 4.90 Å². The Morgan fingerprint density at radius 1 is 1.29 bits per heavy atom. The van der Waals surface area contributed by atoms with Crippen LogP contribution >= 0.6 is 0 Å². The molecule has 2 saturated heterocycles. The van der Waals surface area contributed by atoms with E-state index in [2.05, 4.69) is 14.9 Å². The predicted molar refractivity (Wildman–Crippen MR) is 79.0 cm³/mol. The average Bonchev–Trinajstić information content (AvgIpc) is 2.92. The molecule has 0 aromatic carbocycles. The van der Waals surface area contributed by atoms with E-state index in [0.29, 0.717) is 0 Å². The molecule has 0 aliphatic carbocycles. The van der Waals surface area contributed by atoms with Crippen molar-refractivity contribution in [1.29, 1.82) is 0 Å². The maximum Gasteiger partial charge on any atom is 0.251 e. The summed E-state index contributed by atoms with van der Waals surface area (Å²) in [7, 11) is 3.57. The lowest BCUT2D eigenvalue weighted by Crippen LogP contribution is -2.46. The molecule has 21 heavy (non-hydrogen) atoms. The number of carbonyl (C=O) groups is 1. The summed E-state index contributed by atoms with van der Waals surface area (Å²) in [6.07, 6.45) is 6.94. The van der Waals surface area contributed by atoms with Gasteiger partial charge in [0.05, 0.1) is 5.60 Å². The average molecular weight is 290 g/mol. The van der Waals surface area contributed by atoms with Crippen LogP contribution in [0, 0.1) is 0 Å². The van der Waals surface area contributed by atoms with E-state index in [9.17, 15) is 4.79 Å². The SMILES string of the molecule is CN(C)C(=O)C1CCC2(CCN(c3ncccn3)CC2)O1. The normalized spacial score (nSPS) is 24.3. The van der Waals surface area contributed by atoms with E-state index in [0.717, 1.165) is 44.7 Å². The zero-order chi connectivity index (χ0) is 14.9. The first-order chi connectivity index (χ1) is 10.1. The molecule has 2 aliphatic rings. The first kappa shape index (κ1) is 14.3. The lowest BCUT2D eigenvalue weighted by Gasteiger charge is -2.39. The summed E-state index contributed by atoms with van der Waals surface area (Å²) in [4.78, 5) is 24.4. The van der Waals surface area contributed by atoms with Crippen molar-refractivity contribution in [3.05, 3.63) is 18.5 Å². The molecule has 3 rings (SSSR count). The molecular weight excluding hydrogens is 268 g/mol. The van der Waals surface area contributed by atoms with E-state index in [4.69, 9.17) is 4.74 Å². The molecule has 0 saturated carbocycles. The molecule has 3 heterocycles. The number of carbonyl (C=O) groups excluding carboxylic acids is 1. The number of likely N-dealkylation sites (N-methyl/N-ethyl adjacent to an activating group) is 1. The molecule has 114 valence electrons. The summed E-state index contributed by atoms with van der Waals surface area (Å²) in [6, 6.07) is 1.83. The topological polar surface area (TPSA) is 58.6 Å². The molecule has 1 spiro atoms. The second-order valence-corrected chi connectivity index (χ2v) is 6.10. The lowest BCUT2D eigenvalue weighted by atomic mass is 9.88. The van der Waals surface area contributed by atoms with Crippen LogP contribution in [0.1, 0.15) is 25.7 Å². The Morgan fingerprint density at radius 2 is 1.95 bits per heavy atom. The Morgan fingerprint density at radius 3 is 2.57 bits per heavy atom. The number of hydrogen-bond acceptors (Lipinski definition) is 5. The second-order valence-electron chi connectivity index (χ2n) is 6.10. The number of ether oxygens (including phenoxy) is 1. The molecule has 0 N–H and O–H groups in total. The van der Waals surface area contributed by atoms with Gasteiger partial charge in [-0.1, -0.05) is 0 Å². The third kappa shape index (κ3) is 2.85. The van der Waals surface area contributed by atoms with E-state index >= 15 is 0 Å². The Hall–Kier alpha value is -1.69. The van der Waals surface area contributed by atoms with Crippen molar-refractivity contribution in [2.45, 2.75) is 37.4 Å². The molecule has 1 unspecified atom stereocenters. The molecule has 0 bridgehead atoms. The van der Waals surface area contributed by atoms with Gasteiger partial charge in [0.2, 0.25) is 5.95 Å². The van der Waals surface area contributed by atoms with Gasteiger partial charge in [0.1, 0.15) is 6.10 Å². The van der Waals surface area contributed by atoms with Crippen molar-refractivity contribution in [2.75, 3.05) is 32.1 Å². The minimum Gasteiger partial charge on any atom is -0.362 e. The van der Waals surface area contributed by atoms with E-state index in [1.807, 2.05) is 6.07 Å². The summed E-state index contributed by atoms with van der Waals surface area (Å²) in [5.41, 5.74) is -0.123. The molecule has 1 amide bonds.